The largest absolute Gasteiger partial charge is 0.376 e. The minimum Gasteiger partial charge on any atom is -0.376 e. The lowest BCUT2D eigenvalue weighted by molar-refractivity contribution is 0.117. The van der Waals surface area contributed by atoms with E-state index in [2.05, 4.69) is 21.0 Å². The molecule has 0 bridgehead atoms. The van der Waals surface area contributed by atoms with Crippen LogP contribution in [0.2, 0.25) is 0 Å². The van der Waals surface area contributed by atoms with Gasteiger partial charge in [0.2, 0.25) is 0 Å². The van der Waals surface area contributed by atoms with Crippen LogP contribution in [0.1, 0.15) is 78.1 Å². The van der Waals surface area contributed by atoms with Gasteiger partial charge >= 0.3 is 0 Å². The van der Waals surface area contributed by atoms with Crippen LogP contribution in [0.3, 0.4) is 0 Å². The summed E-state index contributed by atoms with van der Waals surface area (Å²) in [6.07, 6.45) is 13.6. The molecule has 0 saturated carbocycles. The van der Waals surface area contributed by atoms with Crippen LogP contribution in [0.4, 0.5) is 0 Å². The van der Waals surface area contributed by atoms with Gasteiger partial charge in [-0.3, -0.25) is 0 Å². The Hall–Kier alpha value is -0.0400. The molecule has 0 heterocycles. The summed E-state index contributed by atoms with van der Waals surface area (Å²) in [5.74, 6) is 0. The fraction of sp³-hybridized carbons (Fsp3) is 0.929. The summed E-state index contributed by atoms with van der Waals surface area (Å²) in [7, 11) is 3.54. The predicted octanol–water partition coefficient (Wildman–Crippen LogP) is 5.10. The lowest BCUT2D eigenvalue weighted by atomic mass is 10.0. The SMILES string of the molecule is [CH2]OC(CCC)CCCCCCCCC. The molecule has 1 atom stereocenters. The first-order chi connectivity index (χ1) is 7.35. The molecule has 1 heteroatoms. The summed E-state index contributed by atoms with van der Waals surface area (Å²) in [6, 6.07) is 0. The zero-order valence-electron chi connectivity index (χ0n) is 10.8. The average molecular weight is 213 g/mol. The van der Waals surface area contributed by atoms with Crippen molar-refractivity contribution in [3.63, 3.8) is 0 Å². The number of hydrogen-bond donors (Lipinski definition) is 0. The van der Waals surface area contributed by atoms with Crippen molar-refractivity contribution in [2.45, 2.75) is 84.2 Å². The molecular formula is C14H29O. The van der Waals surface area contributed by atoms with Crippen LogP contribution in [0, 0.1) is 7.11 Å². The van der Waals surface area contributed by atoms with Gasteiger partial charge in [0.05, 0.1) is 13.2 Å². The second-order valence-electron chi connectivity index (χ2n) is 4.49. The van der Waals surface area contributed by atoms with Gasteiger partial charge in [-0.25, -0.2) is 0 Å². The third-order valence-corrected chi connectivity index (χ3v) is 2.98. The quantitative estimate of drug-likeness (QED) is 0.434. The van der Waals surface area contributed by atoms with Crippen LogP contribution in [-0.2, 0) is 4.74 Å². The van der Waals surface area contributed by atoms with Crippen molar-refractivity contribution in [1.82, 2.24) is 0 Å². The predicted molar refractivity (Wildman–Crippen MR) is 67.7 cm³/mol. The van der Waals surface area contributed by atoms with Crippen LogP contribution < -0.4 is 0 Å². The maximum absolute atomic E-state index is 5.19. The maximum Gasteiger partial charge on any atom is 0.0704 e. The highest BCUT2D eigenvalue weighted by Gasteiger charge is 2.04. The minimum absolute atomic E-state index is 0.408. The molecule has 0 spiro atoms. The molecule has 15 heavy (non-hydrogen) atoms. The number of rotatable bonds is 11. The topological polar surface area (TPSA) is 9.23 Å². The van der Waals surface area contributed by atoms with Crippen molar-refractivity contribution in [2.75, 3.05) is 0 Å². The van der Waals surface area contributed by atoms with Crippen LogP contribution >= 0.6 is 0 Å². The van der Waals surface area contributed by atoms with Crippen molar-refractivity contribution in [2.24, 2.45) is 0 Å². The summed E-state index contributed by atoms with van der Waals surface area (Å²) in [5.41, 5.74) is 0. The van der Waals surface area contributed by atoms with Crippen molar-refractivity contribution in [3.8, 4) is 0 Å². The van der Waals surface area contributed by atoms with E-state index in [4.69, 9.17) is 4.74 Å². The number of unbranched alkanes of at least 4 members (excludes halogenated alkanes) is 6. The van der Waals surface area contributed by atoms with E-state index in [-0.39, 0.29) is 0 Å². The average Bonchev–Trinajstić information content (AvgIpc) is 2.26. The highest BCUT2D eigenvalue weighted by molar-refractivity contribution is 4.58. The third kappa shape index (κ3) is 10.2. The first kappa shape index (κ1) is 15.0. The van der Waals surface area contributed by atoms with Gasteiger partial charge in [-0.05, 0) is 12.8 Å². The van der Waals surface area contributed by atoms with Gasteiger partial charge in [0.25, 0.3) is 0 Å². The van der Waals surface area contributed by atoms with E-state index in [0.29, 0.717) is 6.10 Å². The number of hydrogen-bond acceptors (Lipinski definition) is 1. The molecule has 0 amide bonds. The molecule has 0 aromatic heterocycles. The molecule has 0 saturated heterocycles. The molecule has 1 nitrogen and oxygen atoms in total. The second kappa shape index (κ2) is 12.0. The van der Waals surface area contributed by atoms with E-state index in [1.807, 2.05) is 0 Å². The fourth-order valence-corrected chi connectivity index (χ4v) is 1.96. The van der Waals surface area contributed by atoms with Crippen LogP contribution in [-0.4, -0.2) is 6.10 Å². The normalized spacial score (nSPS) is 13.0. The highest BCUT2D eigenvalue weighted by atomic mass is 16.5. The van der Waals surface area contributed by atoms with Gasteiger partial charge in [-0.15, -0.1) is 0 Å². The van der Waals surface area contributed by atoms with E-state index in [1.165, 1.54) is 64.2 Å². The summed E-state index contributed by atoms with van der Waals surface area (Å²) >= 11 is 0. The molecule has 0 aromatic rings. The van der Waals surface area contributed by atoms with E-state index < -0.39 is 0 Å². The summed E-state index contributed by atoms with van der Waals surface area (Å²) in [5, 5.41) is 0. The molecule has 0 N–H and O–H groups in total. The van der Waals surface area contributed by atoms with Gasteiger partial charge in [0, 0.05) is 0 Å². The Morgan fingerprint density at radius 1 is 0.800 bits per heavy atom. The zero-order chi connectivity index (χ0) is 11.4. The van der Waals surface area contributed by atoms with E-state index in [1.54, 1.807) is 0 Å². The monoisotopic (exact) mass is 213 g/mol. The van der Waals surface area contributed by atoms with Crippen LogP contribution in [0.5, 0.6) is 0 Å². The third-order valence-electron chi connectivity index (χ3n) is 2.98. The lowest BCUT2D eigenvalue weighted by Gasteiger charge is -2.13. The zero-order valence-corrected chi connectivity index (χ0v) is 10.8. The fourth-order valence-electron chi connectivity index (χ4n) is 1.96. The molecule has 0 aromatic carbocycles. The summed E-state index contributed by atoms with van der Waals surface area (Å²) in [4.78, 5) is 0. The van der Waals surface area contributed by atoms with Crippen molar-refractivity contribution in [3.05, 3.63) is 7.11 Å². The van der Waals surface area contributed by atoms with Gasteiger partial charge in [-0.1, -0.05) is 65.2 Å². The van der Waals surface area contributed by atoms with Crippen LogP contribution in [0.15, 0.2) is 0 Å². The Bertz CT molecular complexity index is 112. The Morgan fingerprint density at radius 3 is 1.93 bits per heavy atom. The van der Waals surface area contributed by atoms with Crippen molar-refractivity contribution < 1.29 is 4.74 Å². The Morgan fingerprint density at radius 2 is 1.40 bits per heavy atom. The Balaban J connectivity index is 3.14. The van der Waals surface area contributed by atoms with Gasteiger partial charge in [0.1, 0.15) is 0 Å². The molecule has 1 radical (unpaired) electrons. The summed E-state index contributed by atoms with van der Waals surface area (Å²) < 4.78 is 5.19. The molecule has 0 aliphatic carbocycles. The maximum atomic E-state index is 5.19. The van der Waals surface area contributed by atoms with Gasteiger partial charge < -0.3 is 4.74 Å². The molecule has 0 fully saturated rings. The molecule has 0 aliphatic heterocycles. The molecule has 0 aliphatic rings. The first-order valence-electron chi connectivity index (χ1n) is 6.76. The highest BCUT2D eigenvalue weighted by Crippen LogP contribution is 2.13. The Kier molecular flexibility index (Phi) is 12.0. The molecule has 1 unspecified atom stereocenters. The van der Waals surface area contributed by atoms with Crippen molar-refractivity contribution in [1.29, 1.82) is 0 Å². The molecular weight excluding hydrogens is 184 g/mol. The summed E-state index contributed by atoms with van der Waals surface area (Å²) in [6.45, 7) is 4.47. The van der Waals surface area contributed by atoms with Crippen molar-refractivity contribution >= 4 is 0 Å². The van der Waals surface area contributed by atoms with E-state index >= 15 is 0 Å². The standard InChI is InChI=1S/C14H29O/c1-4-6-7-8-9-10-11-13-14(15-3)12-5-2/h14H,3-13H2,1-2H3. The van der Waals surface area contributed by atoms with E-state index in [9.17, 15) is 0 Å². The smallest absolute Gasteiger partial charge is 0.0704 e. The molecule has 0 rings (SSSR count). The second-order valence-corrected chi connectivity index (χ2v) is 4.49. The lowest BCUT2D eigenvalue weighted by Crippen LogP contribution is -2.08. The van der Waals surface area contributed by atoms with Gasteiger partial charge in [0.15, 0.2) is 0 Å². The van der Waals surface area contributed by atoms with Gasteiger partial charge in [-0.2, -0.15) is 0 Å². The molecule has 91 valence electrons. The van der Waals surface area contributed by atoms with Crippen LogP contribution in [0.25, 0.3) is 0 Å². The first-order valence-corrected chi connectivity index (χ1v) is 6.76. The van der Waals surface area contributed by atoms with E-state index in [0.717, 1.165) is 0 Å². The number of ether oxygens (including phenoxy) is 1. The Labute approximate surface area is 96.6 Å². The minimum atomic E-state index is 0.408.